The second kappa shape index (κ2) is 5.07. The fourth-order valence-electron chi connectivity index (χ4n) is 1.29. The Hall–Kier alpha value is -1.73. The van der Waals surface area contributed by atoms with Crippen LogP contribution in [-0.2, 0) is 0 Å². The molecule has 1 aromatic carbocycles. The van der Waals surface area contributed by atoms with E-state index < -0.39 is 0 Å². The maximum atomic E-state index is 5.17. The van der Waals surface area contributed by atoms with Gasteiger partial charge >= 0.3 is 0 Å². The predicted octanol–water partition coefficient (Wildman–Crippen LogP) is 2.19. The largest absolute Gasteiger partial charge is 0.331 e. The third-order valence-electron chi connectivity index (χ3n) is 2.09. The van der Waals surface area contributed by atoms with Crippen LogP contribution in [0.1, 0.15) is 5.82 Å². The maximum absolute atomic E-state index is 5.17. The monoisotopic (exact) mass is 265 g/mol. The van der Waals surface area contributed by atoms with E-state index in [4.69, 9.17) is 24.4 Å². The number of rotatable bonds is 2. The van der Waals surface area contributed by atoms with Gasteiger partial charge in [0, 0.05) is 5.69 Å². The van der Waals surface area contributed by atoms with E-state index in [1.165, 1.54) is 0 Å². The molecule has 1 aromatic heterocycles. The molecule has 3 N–H and O–H groups in total. The van der Waals surface area contributed by atoms with Gasteiger partial charge in [0.05, 0.1) is 0 Å². The molecule has 88 valence electrons. The lowest BCUT2D eigenvalue weighted by molar-refractivity contribution is 0.900. The normalized spacial score (nSPS) is 9.94. The number of hydrogen-bond donors (Lipinski definition) is 3. The lowest BCUT2D eigenvalue weighted by Gasteiger charge is -2.11. The minimum Gasteiger partial charge on any atom is -0.331 e. The first-order valence-electron chi connectivity index (χ1n) is 4.94. The number of hydrogen-bond acceptors (Lipinski definition) is 3. The molecule has 0 aliphatic rings. The van der Waals surface area contributed by atoms with Gasteiger partial charge in [-0.15, -0.1) is 0 Å². The van der Waals surface area contributed by atoms with Gasteiger partial charge in [-0.2, -0.15) is 5.10 Å². The van der Waals surface area contributed by atoms with Gasteiger partial charge in [-0.25, -0.2) is 4.68 Å². The number of aromatic nitrogens is 3. The molecular formula is C10H11N5S2. The Kier molecular flexibility index (Phi) is 3.50. The summed E-state index contributed by atoms with van der Waals surface area (Å²) in [5.74, 6) is 0.715. The molecule has 0 amide bonds. The quantitative estimate of drug-likeness (QED) is 0.727. The van der Waals surface area contributed by atoms with Gasteiger partial charge in [-0.1, -0.05) is 18.2 Å². The van der Waals surface area contributed by atoms with Gasteiger partial charge in [0.2, 0.25) is 4.77 Å². The van der Waals surface area contributed by atoms with Crippen molar-refractivity contribution >= 4 is 35.2 Å². The first-order valence-corrected chi connectivity index (χ1v) is 5.75. The molecule has 0 radical (unpaired) electrons. The minimum atomic E-state index is 0.455. The van der Waals surface area contributed by atoms with E-state index in [1.54, 1.807) is 4.68 Å². The number of nitrogens with one attached hydrogen (secondary N) is 3. The third-order valence-corrected chi connectivity index (χ3v) is 2.55. The molecule has 0 atom stereocenters. The Balaban J connectivity index is 2.06. The summed E-state index contributed by atoms with van der Waals surface area (Å²) in [4.78, 5) is 0. The molecule has 7 heteroatoms. The first kappa shape index (κ1) is 11.7. The van der Waals surface area contributed by atoms with E-state index in [0.29, 0.717) is 15.7 Å². The number of benzene rings is 1. The van der Waals surface area contributed by atoms with Crippen LogP contribution in [0.4, 0.5) is 5.69 Å². The summed E-state index contributed by atoms with van der Waals surface area (Å²) in [6.07, 6.45) is 0. The number of nitrogens with zero attached hydrogens (tertiary/aromatic N) is 2. The Morgan fingerprint density at radius 3 is 2.65 bits per heavy atom. The van der Waals surface area contributed by atoms with E-state index in [2.05, 4.69) is 20.9 Å². The third kappa shape index (κ3) is 2.89. The molecule has 2 rings (SSSR count). The van der Waals surface area contributed by atoms with Crippen LogP contribution in [0.25, 0.3) is 0 Å². The molecule has 1 heterocycles. The van der Waals surface area contributed by atoms with Crippen LogP contribution in [0.3, 0.4) is 0 Å². The molecule has 0 saturated heterocycles. The van der Waals surface area contributed by atoms with Gasteiger partial charge in [-0.05, 0) is 43.5 Å². The predicted molar refractivity (Wildman–Crippen MR) is 74.2 cm³/mol. The zero-order chi connectivity index (χ0) is 12.3. The van der Waals surface area contributed by atoms with Crippen LogP contribution in [0.15, 0.2) is 30.3 Å². The van der Waals surface area contributed by atoms with Crippen molar-refractivity contribution in [1.82, 2.24) is 14.9 Å². The summed E-state index contributed by atoms with van der Waals surface area (Å²) < 4.78 is 2.08. The van der Waals surface area contributed by atoms with Gasteiger partial charge in [-0.3, -0.25) is 10.5 Å². The van der Waals surface area contributed by atoms with Crippen molar-refractivity contribution in [3.63, 3.8) is 0 Å². The fourth-order valence-corrected chi connectivity index (χ4v) is 1.72. The highest BCUT2D eigenvalue weighted by Gasteiger charge is 2.02. The number of aryl methyl sites for hydroxylation is 1. The average molecular weight is 265 g/mol. The molecule has 0 spiro atoms. The van der Waals surface area contributed by atoms with Crippen molar-refractivity contribution in [2.45, 2.75) is 6.92 Å². The van der Waals surface area contributed by atoms with Gasteiger partial charge in [0.15, 0.2) is 5.11 Å². The van der Waals surface area contributed by atoms with Gasteiger partial charge in [0.1, 0.15) is 5.82 Å². The van der Waals surface area contributed by atoms with E-state index in [-0.39, 0.29) is 0 Å². The molecule has 0 fully saturated rings. The van der Waals surface area contributed by atoms with Crippen molar-refractivity contribution in [1.29, 1.82) is 0 Å². The van der Waals surface area contributed by atoms with Crippen LogP contribution in [0.5, 0.6) is 0 Å². The lowest BCUT2D eigenvalue weighted by Crippen LogP contribution is -2.28. The summed E-state index contributed by atoms with van der Waals surface area (Å²) in [6, 6.07) is 9.66. The highest BCUT2D eigenvalue weighted by atomic mass is 32.1. The van der Waals surface area contributed by atoms with E-state index >= 15 is 0 Å². The zero-order valence-electron chi connectivity index (χ0n) is 9.10. The topological polar surface area (TPSA) is 57.7 Å². The summed E-state index contributed by atoms with van der Waals surface area (Å²) >= 11 is 10.2. The van der Waals surface area contributed by atoms with E-state index in [0.717, 1.165) is 5.69 Å². The summed E-state index contributed by atoms with van der Waals surface area (Å²) in [5.41, 5.74) is 3.86. The summed E-state index contributed by atoms with van der Waals surface area (Å²) in [6.45, 7) is 1.82. The molecule has 5 nitrogen and oxygen atoms in total. The zero-order valence-corrected chi connectivity index (χ0v) is 10.7. The molecule has 0 bridgehead atoms. The fraction of sp³-hybridized carbons (Fsp3) is 0.100. The summed E-state index contributed by atoms with van der Waals surface area (Å²) in [5, 5.41) is 10.1. The standard InChI is InChI=1S/C10H11N5S2/c1-7-12-13-10(17)15(7)14-9(16)11-8-5-3-2-4-6-8/h2-6H,1H3,(H,13,17)(H2,11,14,16). The number of para-hydroxylation sites is 1. The second-order valence-electron chi connectivity index (χ2n) is 3.34. The van der Waals surface area contributed by atoms with E-state index in [9.17, 15) is 0 Å². The van der Waals surface area contributed by atoms with Crippen LogP contribution in [-0.4, -0.2) is 20.0 Å². The van der Waals surface area contributed by atoms with Crippen molar-refractivity contribution in [2.75, 3.05) is 10.7 Å². The smallest absolute Gasteiger partial charge is 0.214 e. The molecule has 2 aromatic rings. The molecule has 0 saturated carbocycles. The first-order chi connectivity index (χ1) is 8.16. The van der Waals surface area contributed by atoms with Crippen LogP contribution < -0.4 is 10.7 Å². The van der Waals surface area contributed by atoms with Crippen LogP contribution in [0.2, 0.25) is 0 Å². The summed E-state index contributed by atoms with van der Waals surface area (Å²) in [7, 11) is 0. The Morgan fingerprint density at radius 2 is 2.06 bits per heavy atom. The minimum absolute atomic E-state index is 0.455. The molecule has 0 unspecified atom stereocenters. The number of anilines is 1. The van der Waals surface area contributed by atoms with Crippen LogP contribution >= 0.6 is 24.4 Å². The molecule has 0 aliphatic carbocycles. The highest BCUT2D eigenvalue weighted by Crippen LogP contribution is 2.04. The molecule has 17 heavy (non-hydrogen) atoms. The Bertz CT molecular complexity index is 572. The van der Waals surface area contributed by atoms with Gasteiger partial charge in [0.25, 0.3) is 0 Å². The Labute approximate surface area is 109 Å². The van der Waals surface area contributed by atoms with Gasteiger partial charge < -0.3 is 5.32 Å². The molecule has 0 aliphatic heterocycles. The highest BCUT2D eigenvalue weighted by molar-refractivity contribution is 7.80. The lowest BCUT2D eigenvalue weighted by atomic mass is 10.3. The van der Waals surface area contributed by atoms with Crippen LogP contribution in [0, 0.1) is 11.7 Å². The SMILES string of the molecule is Cc1n[nH]c(=S)n1NC(=S)Nc1ccccc1. The van der Waals surface area contributed by atoms with E-state index in [1.807, 2.05) is 37.3 Å². The molecular weight excluding hydrogens is 254 g/mol. The number of H-pyrrole nitrogens is 1. The maximum Gasteiger partial charge on any atom is 0.214 e. The second-order valence-corrected chi connectivity index (χ2v) is 4.14. The van der Waals surface area contributed by atoms with Crippen molar-refractivity contribution in [2.24, 2.45) is 0 Å². The van der Waals surface area contributed by atoms with Crippen molar-refractivity contribution in [3.8, 4) is 0 Å². The number of aromatic amines is 1. The van der Waals surface area contributed by atoms with Crippen molar-refractivity contribution < 1.29 is 0 Å². The Morgan fingerprint density at radius 1 is 1.35 bits per heavy atom. The van der Waals surface area contributed by atoms with Crippen molar-refractivity contribution in [3.05, 3.63) is 40.9 Å². The average Bonchev–Trinajstić information content (AvgIpc) is 2.62. The number of thiocarbonyl (C=S) groups is 1.